The number of sulfone groups is 1. The molecule has 2 heterocycles. The SMILES string of the molecule is CS(=O)(=O)c1ccc(-c2nc3ccccn3c2CC(N)=O)cc1. The van der Waals surface area contributed by atoms with Crippen molar-refractivity contribution in [3.05, 3.63) is 54.4 Å². The van der Waals surface area contributed by atoms with Crippen LogP contribution in [0.25, 0.3) is 16.9 Å². The highest BCUT2D eigenvalue weighted by molar-refractivity contribution is 7.90. The van der Waals surface area contributed by atoms with Crippen molar-refractivity contribution >= 4 is 21.4 Å². The van der Waals surface area contributed by atoms with Gasteiger partial charge in [-0.2, -0.15) is 0 Å². The highest BCUT2D eigenvalue weighted by Crippen LogP contribution is 2.26. The van der Waals surface area contributed by atoms with Crippen molar-refractivity contribution in [2.45, 2.75) is 11.3 Å². The number of hydrogen-bond donors (Lipinski definition) is 1. The second-order valence-corrected chi connectivity index (χ2v) is 7.29. The molecule has 0 aliphatic rings. The van der Waals surface area contributed by atoms with Crippen molar-refractivity contribution in [3.8, 4) is 11.3 Å². The average Bonchev–Trinajstić information content (AvgIpc) is 2.85. The molecule has 1 aromatic carbocycles. The van der Waals surface area contributed by atoms with E-state index in [1.165, 1.54) is 12.1 Å². The van der Waals surface area contributed by atoms with Gasteiger partial charge in [-0.1, -0.05) is 18.2 Å². The minimum Gasteiger partial charge on any atom is -0.369 e. The molecule has 0 bridgehead atoms. The standard InChI is InChI=1S/C16H15N3O3S/c1-23(21,22)12-7-5-11(6-8-12)16-13(10-14(17)20)19-9-3-2-4-15(19)18-16/h2-9H,10H2,1H3,(H2,17,20). The molecule has 23 heavy (non-hydrogen) atoms. The fourth-order valence-electron chi connectivity index (χ4n) is 2.47. The Labute approximate surface area is 133 Å². The van der Waals surface area contributed by atoms with E-state index < -0.39 is 15.7 Å². The number of carbonyl (C=O) groups is 1. The molecule has 1 amide bonds. The van der Waals surface area contributed by atoms with Crippen LogP contribution < -0.4 is 5.73 Å². The zero-order valence-corrected chi connectivity index (χ0v) is 13.2. The van der Waals surface area contributed by atoms with E-state index in [0.29, 0.717) is 17.0 Å². The fraction of sp³-hybridized carbons (Fsp3) is 0.125. The van der Waals surface area contributed by atoms with Gasteiger partial charge in [0, 0.05) is 18.0 Å². The van der Waals surface area contributed by atoms with Crippen molar-refractivity contribution in [2.75, 3.05) is 6.26 Å². The van der Waals surface area contributed by atoms with Gasteiger partial charge in [-0.3, -0.25) is 4.79 Å². The van der Waals surface area contributed by atoms with Gasteiger partial charge in [-0.05, 0) is 24.3 Å². The average molecular weight is 329 g/mol. The molecular formula is C16H15N3O3S. The zero-order valence-electron chi connectivity index (χ0n) is 12.4. The molecule has 0 unspecified atom stereocenters. The smallest absolute Gasteiger partial charge is 0.223 e. The van der Waals surface area contributed by atoms with Crippen LogP contribution in [0.1, 0.15) is 5.69 Å². The Morgan fingerprint density at radius 3 is 2.48 bits per heavy atom. The number of amides is 1. The van der Waals surface area contributed by atoms with E-state index in [9.17, 15) is 13.2 Å². The van der Waals surface area contributed by atoms with E-state index in [0.717, 1.165) is 11.8 Å². The first-order valence-corrected chi connectivity index (χ1v) is 8.80. The first kappa shape index (κ1) is 15.2. The lowest BCUT2D eigenvalue weighted by Crippen LogP contribution is -2.15. The Balaban J connectivity index is 2.17. The molecule has 0 fully saturated rings. The molecule has 0 saturated carbocycles. The molecule has 0 aliphatic carbocycles. The minimum absolute atomic E-state index is 0.0499. The summed E-state index contributed by atoms with van der Waals surface area (Å²) >= 11 is 0. The molecule has 0 saturated heterocycles. The summed E-state index contributed by atoms with van der Waals surface area (Å²) in [4.78, 5) is 16.2. The largest absolute Gasteiger partial charge is 0.369 e. The van der Waals surface area contributed by atoms with Crippen LogP contribution in [-0.2, 0) is 21.1 Å². The molecule has 3 aromatic rings. The number of rotatable bonds is 4. The summed E-state index contributed by atoms with van der Waals surface area (Å²) in [6, 6.07) is 12.0. The number of pyridine rings is 1. The quantitative estimate of drug-likeness (QED) is 0.783. The van der Waals surface area contributed by atoms with Crippen LogP contribution in [-0.4, -0.2) is 30.0 Å². The molecule has 2 N–H and O–H groups in total. The molecular weight excluding hydrogens is 314 g/mol. The van der Waals surface area contributed by atoms with Crippen LogP contribution in [0.5, 0.6) is 0 Å². The van der Waals surface area contributed by atoms with Gasteiger partial charge in [0.15, 0.2) is 9.84 Å². The molecule has 0 spiro atoms. The zero-order chi connectivity index (χ0) is 16.6. The number of fused-ring (bicyclic) bond motifs is 1. The summed E-state index contributed by atoms with van der Waals surface area (Å²) in [5.74, 6) is -0.454. The van der Waals surface area contributed by atoms with Crippen LogP contribution in [0, 0.1) is 0 Å². The van der Waals surface area contributed by atoms with Gasteiger partial charge in [0.2, 0.25) is 5.91 Å². The van der Waals surface area contributed by atoms with Crippen molar-refractivity contribution in [3.63, 3.8) is 0 Å². The number of hydrogen-bond acceptors (Lipinski definition) is 4. The molecule has 2 aromatic heterocycles. The Morgan fingerprint density at radius 1 is 1.17 bits per heavy atom. The fourth-order valence-corrected chi connectivity index (χ4v) is 3.10. The number of primary amides is 1. The lowest BCUT2D eigenvalue weighted by molar-refractivity contribution is -0.117. The summed E-state index contributed by atoms with van der Waals surface area (Å²) in [6.07, 6.45) is 3.02. The number of imidazole rings is 1. The van der Waals surface area contributed by atoms with E-state index in [-0.39, 0.29) is 11.3 Å². The first-order valence-electron chi connectivity index (χ1n) is 6.91. The normalized spacial score (nSPS) is 11.7. The highest BCUT2D eigenvalue weighted by atomic mass is 32.2. The second-order valence-electron chi connectivity index (χ2n) is 5.28. The predicted molar refractivity (Wildman–Crippen MR) is 86.6 cm³/mol. The third-order valence-electron chi connectivity index (χ3n) is 3.53. The van der Waals surface area contributed by atoms with Crippen molar-refractivity contribution in [1.29, 1.82) is 0 Å². The first-order chi connectivity index (χ1) is 10.9. The Bertz CT molecular complexity index is 989. The van der Waals surface area contributed by atoms with Gasteiger partial charge >= 0.3 is 0 Å². The van der Waals surface area contributed by atoms with Gasteiger partial charge < -0.3 is 10.1 Å². The molecule has 118 valence electrons. The van der Waals surface area contributed by atoms with Gasteiger partial charge in [0.25, 0.3) is 0 Å². The van der Waals surface area contributed by atoms with Gasteiger partial charge in [-0.25, -0.2) is 13.4 Å². The lowest BCUT2D eigenvalue weighted by atomic mass is 10.1. The predicted octanol–water partition coefficient (Wildman–Crippen LogP) is 1.43. The lowest BCUT2D eigenvalue weighted by Gasteiger charge is -2.04. The van der Waals surface area contributed by atoms with E-state index >= 15 is 0 Å². The summed E-state index contributed by atoms with van der Waals surface area (Å²) in [6.45, 7) is 0. The maximum absolute atomic E-state index is 11.6. The Hall–Kier alpha value is -2.67. The van der Waals surface area contributed by atoms with Crippen molar-refractivity contribution in [2.24, 2.45) is 5.73 Å². The van der Waals surface area contributed by atoms with Gasteiger partial charge in [0.1, 0.15) is 5.65 Å². The summed E-state index contributed by atoms with van der Waals surface area (Å²) < 4.78 is 24.9. The van der Waals surface area contributed by atoms with Gasteiger partial charge in [-0.15, -0.1) is 0 Å². The number of nitrogens with zero attached hydrogens (tertiary/aromatic N) is 2. The van der Waals surface area contributed by atoms with Crippen LogP contribution in [0.2, 0.25) is 0 Å². The molecule has 0 atom stereocenters. The summed E-state index contributed by atoms with van der Waals surface area (Å²) in [7, 11) is -3.26. The maximum atomic E-state index is 11.6. The third kappa shape index (κ3) is 2.95. The summed E-state index contributed by atoms with van der Waals surface area (Å²) in [5, 5.41) is 0. The minimum atomic E-state index is -3.26. The molecule has 3 rings (SSSR count). The van der Waals surface area contributed by atoms with Crippen LogP contribution in [0.15, 0.2) is 53.6 Å². The number of carbonyl (C=O) groups excluding carboxylic acids is 1. The van der Waals surface area contributed by atoms with Crippen LogP contribution >= 0.6 is 0 Å². The van der Waals surface area contributed by atoms with Crippen molar-refractivity contribution < 1.29 is 13.2 Å². The van der Waals surface area contributed by atoms with E-state index in [2.05, 4.69) is 4.98 Å². The van der Waals surface area contributed by atoms with Gasteiger partial charge in [0.05, 0.1) is 22.7 Å². The molecule has 6 nitrogen and oxygen atoms in total. The summed E-state index contributed by atoms with van der Waals surface area (Å²) in [5.41, 5.74) is 8.08. The van der Waals surface area contributed by atoms with Crippen LogP contribution in [0.4, 0.5) is 0 Å². The number of benzene rings is 1. The monoisotopic (exact) mass is 329 g/mol. The Kier molecular flexibility index (Phi) is 3.65. The molecule has 0 aliphatic heterocycles. The third-order valence-corrected chi connectivity index (χ3v) is 4.65. The van der Waals surface area contributed by atoms with E-state index in [1.54, 1.807) is 12.1 Å². The topological polar surface area (TPSA) is 94.5 Å². The maximum Gasteiger partial charge on any atom is 0.223 e. The molecule has 0 radical (unpaired) electrons. The number of aromatic nitrogens is 2. The van der Waals surface area contributed by atoms with Crippen molar-refractivity contribution in [1.82, 2.24) is 9.38 Å². The van der Waals surface area contributed by atoms with E-state index in [4.69, 9.17) is 5.73 Å². The Morgan fingerprint density at radius 2 is 1.87 bits per heavy atom. The van der Waals surface area contributed by atoms with E-state index in [1.807, 2.05) is 28.8 Å². The second kappa shape index (κ2) is 5.51. The van der Waals surface area contributed by atoms with Crippen LogP contribution in [0.3, 0.4) is 0 Å². The highest BCUT2D eigenvalue weighted by Gasteiger charge is 2.16. The number of nitrogens with two attached hydrogens (primary N) is 1. The molecule has 7 heteroatoms.